The highest BCUT2D eigenvalue weighted by Crippen LogP contribution is 2.44. The fourth-order valence-electron chi connectivity index (χ4n) is 5.86. The van der Waals surface area contributed by atoms with Crippen LogP contribution in [0.4, 0.5) is 0 Å². The van der Waals surface area contributed by atoms with Crippen LogP contribution in [0.5, 0.6) is 0 Å². The molecular formula is C26H43N. The molecule has 1 heterocycles. The number of pyridine rings is 1. The first-order valence-electron chi connectivity index (χ1n) is 12.2. The van der Waals surface area contributed by atoms with E-state index in [4.69, 9.17) is 4.98 Å². The predicted octanol–water partition coefficient (Wildman–Crippen LogP) is 7.94. The van der Waals surface area contributed by atoms with Crippen LogP contribution in [-0.4, -0.2) is 4.98 Å². The van der Waals surface area contributed by atoms with E-state index in [2.05, 4.69) is 39.1 Å². The molecule has 2 saturated carbocycles. The van der Waals surface area contributed by atoms with Crippen molar-refractivity contribution in [3.05, 3.63) is 29.6 Å². The molecule has 0 aromatic carbocycles. The number of unbranched alkanes of at least 4 members (excludes halogenated alkanes) is 2. The fraction of sp³-hybridized carbons (Fsp3) is 0.808. The van der Waals surface area contributed by atoms with Crippen molar-refractivity contribution in [3.8, 4) is 0 Å². The molecule has 2 aliphatic carbocycles. The zero-order valence-electron chi connectivity index (χ0n) is 18.3. The van der Waals surface area contributed by atoms with Gasteiger partial charge in [0.1, 0.15) is 0 Å². The number of rotatable bonds is 8. The Morgan fingerprint density at radius 2 is 1.56 bits per heavy atom. The summed E-state index contributed by atoms with van der Waals surface area (Å²) in [6.07, 6.45) is 20.6. The van der Waals surface area contributed by atoms with Gasteiger partial charge in [-0.2, -0.15) is 0 Å². The first-order valence-corrected chi connectivity index (χ1v) is 12.2. The van der Waals surface area contributed by atoms with Gasteiger partial charge in [0.2, 0.25) is 0 Å². The lowest BCUT2D eigenvalue weighted by atomic mass is 9.67. The third-order valence-electron chi connectivity index (χ3n) is 8.04. The van der Waals surface area contributed by atoms with Crippen molar-refractivity contribution >= 4 is 0 Å². The van der Waals surface area contributed by atoms with Crippen LogP contribution in [0.25, 0.3) is 0 Å². The molecule has 0 bridgehead atoms. The maximum absolute atomic E-state index is 4.86. The second-order valence-electron chi connectivity index (χ2n) is 9.70. The minimum absolute atomic E-state index is 0.631. The van der Waals surface area contributed by atoms with Crippen molar-refractivity contribution < 1.29 is 0 Å². The van der Waals surface area contributed by atoms with Gasteiger partial charge in [0, 0.05) is 17.8 Å². The summed E-state index contributed by atoms with van der Waals surface area (Å²) in [7, 11) is 0. The molecule has 1 aromatic rings. The van der Waals surface area contributed by atoms with Crippen LogP contribution < -0.4 is 0 Å². The summed E-state index contributed by atoms with van der Waals surface area (Å²) in [6, 6.07) is 4.66. The number of hydrogen-bond donors (Lipinski definition) is 0. The number of aromatic nitrogens is 1. The van der Waals surface area contributed by atoms with E-state index in [1.807, 2.05) is 0 Å². The Morgan fingerprint density at radius 1 is 0.889 bits per heavy atom. The Kier molecular flexibility index (Phi) is 8.22. The topological polar surface area (TPSA) is 12.9 Å². The van der Waals surface area contributed by atoms with Gasteiger partial charge in [0.25, 0.3) is 0 Å². The predicted molar refractivity (Wildman–Crippen MR) is 117 cm³/mol. The van der Waals surface area contributed by atoms with Crippen LogP contribution in [-0.2, 0) is 6.42 Å². The monoisotopic (exact) mass is 369 g/mol. The molecule has 2 aliphatic rings. The van der Waals surface area contributed by atoms with Crippen LogP contribution >= 0.6 is 0 Å². The Hall–Kier alpha value is -0.850. The highest BCUT2D eigenvalue weighted by Gasteiger charge is 2.32. The molecule has 27 heavy (non-hydrogen) atoms. The largest absolute Gasteiger partial charge is 0.261 e. The SMILES string of the molecule is CCCCCc1ccc(C(C)C2CCC(C3CCC(CC)CC3)CC2)nc1. The molecular weight excluding hydrogens is 326 g/mol. The van der Waals surface area contributed by atoms with Crippen LogP contribution in [0.2, 0.25) is 0 Å². The van der Waals surface area contributed by atoms with Gasteiger partial charge in [-0.25, -0.2) is 0 Å². The molecule has 0 radical (unpaired) electrons. The van der Waals surface area contributed by atoms with Gasteiger partial charge in [-0.3, -0.25) is 4.98 Å². The van der Waals surface area contributed by atoms with Gasteiger partial charge in [-0.15, -0.1) is 0 Å². The standard InChI is InChI=1S/C26H43N/c1-4-6-7-8-22-11-18-26(27-19-22)20(3)23-14-16-25(17-15-23)24-12-9-21(5-2)10-13-24/h11,18-21,23-25H,4-10,12-17H2,1-3H3. The molecule has 2 fully saturated rings. The van der Waals surface area contributed by atoms with Crippen LogP contribution in [0.1, 0.15) is 115 Å². The Balaban J connectivity index is 1.45. The maximum atomic E-state index is 4.86. The Bertz CT molecular complexity index is 518. The molecule has 0 aliphatic heterocycles. The lowest BCUT2D eigenvalue weighted by Crippen LogP contribution is -2.27. The molecule has 152 valence electrons. The lowest BCUT2D eigenvalue weighted by Gasteiger charge is -2.39. The van der Waals surface area contributed by atoms with Crippen molar-refractivity contribution in [1.82, 2.24) is 4.98 Å². The normalized spacial score (nSPS) is 30.2. The molecule has 1 nitrogen and oxygen atoms in total. The summed E-state index contributed by atoms with van der Waals surface area (Å²) >= 11 is 0. The first-order chi connectivity index (χ1) is 13.2. The summed E-state index contributed by atoms with van der Waals surface area (Å²) in [5.74, 6) is 4.59. The smallest absolute Gasteiger partial charge is 0.0434 e. The van der Waals surface area contributed by atoms with Crippen molar-refractivity contribution in [2.45, 2.75) is 110 Å². The molecule has 1 unspecified atom stereocenters. The van der Waals surface area contributed by atoms with Crippen LogP contribution in [0.15, 0.2) is 18.3 Å². The summed E-state index contributed by atoms with van der Waals surface area (Å²) < 4.78 is 0. The summed E-state index contributed by atoms with van der Waals surface area (Å²) in [6.45, 7) is 7.08. The van der Waals surface area contributed by atoms with E-state index >= 15 is 0 Å². The van der Waals surface area contributed by atoms with Crippen molar-refractivity contribution in [3.63, 3.8) is 0 Å². The van der Waals surface area contributed by atoms with E-state index in [-0.39, 0.29) is 0 Å². The number of nitrogens with zero attached hydrogens (tertiary/aromatic N) is 1. The van der Waals surface area contributed by atoms with E-state index in [1.165, 1.54) is 94.7 Å². The zero-order valence-corrected chi connectivity index (χ0v) is 18.3. The number of aryl methyl sites for hydroxylation is 1. The van der Waals surface area contributed by atoms with E-state index in [0.717, 1.165) is 23.7 Å². The van der Waals surface area contributed by atoms with E-state index in [9.17, 15) is 0 Å². The Morgan fingerprint density at radius 3 is 2.11 bits per heavy atom. The second-order valence-corrected chi connectivity index (χ2v) is 9.70. The fourth-order valence-corrected chi connectivity index (χ4v) is 5.86. The third-order valence-corrected chi connectivity index (χ3v) is 8.04. The highest BCUT2D eigenvalue weighted by atomic mass is 14.7. The molecule has 0 spiro atoms. The molecule has 0 N–H and O–H groups in total. The summed E-state index contributed by atoms with van der Waals surface area (Å²) in [5.41, 5.74) is 2.76. The third kappa shape index (κ3) is 5.81. The molecule has 3 rings (SSSR count). The summed E-state index contributed by atoms with van der Waals surface area (Å²) in [4.78, 5) is 4.86. The Labute approximate surface area is 168 Å². The van der Waals surface area contributed by atoms with Gasteiger partial charge in [-0.1, -0.05) is 58.9 Å². The molecule has 0 amide bonds. The average molecular weight is 370 g/mol. The summed E-state index contributed by atoms with van der Waals surface area (Å²) in [5, 5.41) is 0. The first kappa shape index (κ1) is 20.9. The van der Waals surface area contributed by atoms with E-state index in [1.54, 1.807) is 0 Å². The second kappa shape index (κ2) is 10.6. The molecule has 0 saturated heterocycles. The van der Waals surface area contributed by atoms with Crippen molar-refractivity contribution in [1.29, 1.82) is 0 Å². The van der Waals surface area contributed by atoms with Gasteiger partial charge in [0.05, 0.1) is 0 Å². The highest BCUT2D eigenvalue weighted by molar-refractivity contribution is 5.17. The van der Waals surface area contributed by atoms with Gasteiger partial charge in [-0.05, 0) is 86.7 Å². The van der Waals surface area contributed by atoms with E-state index < -0.39 is 0 Å². The average Bonchev–Trinajstić information content (AvgIpc) is 2.74. The zero-order chi connectivity index (χ0) is 19.1. The number of hydrogen-bond acceptors (Lipinski definition) is 1. The molecule has 1 atom stereocenters. The van der Waals surface area contributed by atoms with Gasteiger partial charge >= 0.3 is 0 Å². The lowest BCUT2D eigenvalue weighted by molar-refractivity contribution is 0.138. The van der Waals surface area contributed by atoms with E-state index in [0.29, 0.717) is 5.92 Å². The van der Waals surface area contributed by atoms with Crippen LogP contribution in [0.3, 0.4) is 0 Å². The van der Waals surface area contributed by atoms with Crippen molar-refractivity contribution in [2.24, 2.45) is 23.7 Å². The minimum Gasteiger partial charge on any atom is -0.261 e. The maximum Gasteiger partial charge on any atom is 0.0434 e. The van der Waals surface area contributed by atoms with Gasteiger partial charge < -0.3 is 0 Å². The quantitative estimate of drug-likeness (QED) is 0.424. The molecule has 1 heteroatoms. The minimum atomic E-state index is 0.631. The van der Waals surface area contributed by atoms with Gasteiger partial charge in [0.15, 0.2) is 0 Å². The molecule has 1 aromatic heterocycles. The van der Waals surface area contributed by atoms with Crippen molar-refractivity contribution in [2.75, 3.05) is 0 Å². The van der Waals surface area contributed by atoms with Crippen LogP contribution in [0, 0.1) is 23.7 Å².